The van der Waals surface area contributed by atoms with E-state index in [2.05, 4.69) is 6.58 Å². The summed E-state index contributed by atoms with van der Waals surface area (Å²) in [6.45, 7) is 11.7. The zero-order valence-electron chi connectivity index (χ0n) is 11.3. The molecule has 0 amide bonds. The average Bonchev–Trinajstić information content (AvgIpc) is 2.33. The molecule has 18 heavy (non-hydrogen) atoms. The van der Waals surface area contributed by atoms with Crippen LogP contribution in [0.3, 0.4) is 0 Å². The van der Waals surface area contributed by atoms with Crippen molar-refractivity contribution in [2.45, 2.75) is 27.7 Å². The van der Waals surface area contributed by atoms with Gasteiger partial charge in [0.25, 0.3) is 0 Å². The third kappa shape index (κ3) is 1.84. The van der Waals surface area contributed by atoms with Crippen molar-refractivity contribution in [2.24, 2.45) is 0 Å². The summed E-state index contributed by atoms with van der Waals surface area (Å²) in [7, 11) is 0. The minimum atomic E-state index is 0.284. The summed E-state index contributed by atoms with van der Waals surface area (Å²) in [6.07, 6.45) is 3.90. The summed E-state index contributed by atoms with van der Waals surface area (Å²) < 4.78 is 5.63. The Bertz CT molecular complexity index is 590. The molecule has 0 aliphatic carbocycles. The molecular weight excluding hydrogens is 224 g/mol. The van der Waals surface area contributed by atoms with E-state index in [1.807, 2.05) is 45.9 Å². The van der Waals surface area contributed by atoms with E-state index in [9.17, 15) is 5.11 Å². The van der Waals surface area contributed by atoms with Gasteiger partial charge in [-0.3, -0.25) is 0 Å². The Kier molecular flexibility index (Phi) is 3.04. The first-order chi connectivity index (χ1) is 8.45. The molecule has 1 N–H and O–H groups in total. The highest BCUT2D eigenvalue weighted by Crippen LogP contribution is 2.43. The quantitative estimate of drug-likeness (QED) is 0.789. The van der Waals surface area contributed by atoms with Gasteiger partial charge in [0.2, 0.25) is 0 Å². The smallest absolute Gasteiger partial charge is 0.141 e. The molecule has 0 radical (unpaired) electrons. The Balaban J connectivity index is 2.75. The first kappa shape index (κ1) is 12.5. The van der Waals surface area contributed by atoms with Crippen molar-refractivity contribution in [1.82, 2.24) is 0 Å². The molecule has 2 heteroatoms. The lowest BCUT2D eigenvalue weighted by atomic mass is 9.93. The van der Waals surface area contributed by atoms with E-state index < -0.39 is 0 Å². The third-order valence-corrected chi connectivity index (χ3v) is 3.38. The second kappa shape index (κ2) is 4.37. The van der Waals surface area contributed by atoms with E-state index in [4.69, 9.17) is 4.74 Å². The van der Waals surface area contributed by atoms with Gasteiger partial charge in [0, 0.05) is 16.7 Å². The van der Waals surface area contributed by atoms with Gasteiger partial charge >= 0.3 is 0 Å². The van der Waals surface area contributed by atoms with Crippen molar-refractivity contribution in [1.29, 1.82) is 0 Å². The van der Waals surface area contributed by atoms with Gasteiger partial charge in [-0.05, 0) is 51.0 Å². The Labute approximate surface area is 108 Å². The molecule has 1 aromatic rings. The van der Waals surface area contributed by atoms with Crippen LogP contribution in [0.5, 0.6) is 11.5 Å². The van der Waals surface area contributed by atoms with Gasteiger partial charge in [-0.2, -0.15) is 0 Å². The number of ether oxygens (including phenoxy) is 1. The molecule has 0 atom stereocenters. The van der Waals surface area contributed by atoms with Crippen LogP contribution in [-0.2, 0) is 0 Å². The maximum atomic E-state index is 10.3. The molecule has 1 aliphatic heterocycles. The Hall–Kier alpha value is -1.96. The fourth-order valence-corrected chi connectivity index (χ4v) is 2.15. The van der Waals surface area contributed by atoms with Crippen molar-refractivity contribution in [3.05, 3.63) is 47.2 Å². The van der Waals surface area contributed by atoms with Crippen LogP contribution in [0.15, 0.2) is 30.6 Å². The van der Waals surface area contributed by atoms with Gasteiger partial charge in [0.15, 0.2) is 0 Å². The van der Waals surface area contributed by atoms with Crippen LogP contribution in [0.2, 0.25) is 0 Å². The number of phenolic OH excluding ortho intramolecular Hbond substituents is 1. The first-order valence-electron chi connectivity index (χ1n) is 6.01. The van der Waals surface area contributed by atoms with E-state index >= 15 is 0 Å². The number of hydrogen-bond acceptors (Lipinski definition) is 2. The minimum Gasteiger partial charge on any atom is -0.507 e. The molecule has 0 bridgehead atoms. The second-order valence-corrected chi connectivity index (χ2v) is 4.64. The predicted molar refractivity (Wildman–Crippen MR) is 75.6 cm³/mol. The summed E-state index contributed by atoms with van der Waals surface area (Å²) in [5.41, 5.74) is 4.80. The first-order valence-corrected chi connectivity index (χ1v) is 6.01. The highest BCUT2D eigenvalue weighted by atomic mass is 16.5. The lowest BCUT2D eigenvalue weighted by Crippen LogP contribution is -2.04. The van der Waals surface area contributed by atoms with Gasteiger partial charge in [-0.1, -0.05) is 12.7 Å². The van der Waals surface area contributed by atoms with Crippen LogP contribution in [0.1, 0.15) is 37.5 Å². The molecule has 0 fully saturated rings. The van der Waals surface area contributed by atoms with E-state index in [0.29, 0.717) is 11.5 Å². The molecule has 1 heterocycles. The van der Waals surface area contributed by atoms with Crippen LogP contribution >= 0.6 is 0 Å². The Morgan fingerprint density at radius 2 is 2.06 bits per heavy atom. The van der Waals surface area contributed by atoms with Gasteiger partial charge in [0.1, 0.15) is 17.3 Å². The monoisotopic (exact) mass is 242 g/mol. The highest BCUT2D eigenvalue weighted by Gasteiger charge is 2.21. The van der Waals surface area contributed by atoms with Crippen LogP contribution in [0, 0.1) is 6.92 Å². The summed E-state index contributed by atoms with van der Waals surface area (Å²) in [6, 6.07) is 1.98. The zero-order valence-corrected chi connectivity index (χ0v) is 11.3. The van der Waals surface area contributed by atoms with Crippen molar-refractivity contribution < 1.29 is 9.84 Å². The largest absolute Gasteiger partial charge is 0.507 e. The van der Waals surface area contributed by atoms with E-state index in [1.165, 1.54) is 0 Å². The number of rotatable bonds is 1. The number of hydrogen-bond donors (Lipinski definition) is 1. The lowest BCUT2D eigenvalue weighted by Gasteiger charge is -2.22. The fraction of sp³-hybridized carbons (Fsp3) is 0.250. The molecular formula is C16H18O2. The van der Waals surface area contributed by atoms with Crippen molar-refractivity contribution >= 4 is 11.1 Å². The summed E-state index contributed by atoms with van der Waals surface area (Å²) in [4.78, 5) is 0. The molecule has 0 saturated heterocycles. The lowest BCUT2D eigenvalue weighted by molar-refractivity contribution is 0.423. The minimum absolute atomic E-state index is 0.284. The fourth-order valence-electron chi connectivity index (χ4n) is 2.15. The zero-order chi connectivity index (χ0) is 13.4. The number of phenols is 1. The average molecular weight is 242 g/mol. The third-order valence-electron chi connectivity index (χ3n) is 3.38. The normalized spacial score (nSPS) is 15.0. The Morgan fingerprint density at radius 1 is 1.39 bits per heavy atom. The molecule has 2 rings (SSSR count). The molecule has 0 unspecified atom stereocenters. The number of aromatic hydroxyl groups is 1. The number of fused-ring (bicyclic) bond motifs is 1. The van der Waals surface area contributed by atoms with E-state index in [1.54, 1.807) is 0 Å². The molecule has 1 aliphatic rings. The molecule has 0 saturated carbocycles. The van der Waals surface area contributed by atoms with Crippen LogP contribution in [0.25, 0.3) is 11.1 Å². The van der Waals surface area contributed by atoms with E-state index in [-0.39, 0.29) is 5.75 Å². The van der Waals surface area contributed by atoms with Crippen molar-refractivity contribution in [3.63, 3.8) is 0 Å². The van der Waals surface area contributed by atoms with Gasteiger partial charge in [0.05, 0.1) is 0 Å². The summed E-state index contributed by atoms with van der Waals surface area (Å²) >= 11 is 0. The SMILES string of the molecule is C=C1C=C(C)c2cc(/C(C)=C/C)c(O)c(C)c2O1. The Morgan fingerprint density at radius 3 is 2.67 bits per heavy atom. The molecule has 1 aromatic carbocycles. The number of allylic oxidation sites excluding steroid dienone is 4. The molecule has 94 valence electrons. The van der Waals surface area contributed by atoms with Gasteiger partial charge in [-0.15, -0.1) is 0 Å². The maximum Gasteiger partial charge on any atom is 0.141 e. The van der Waals surface area contributed by atoms with Gasteiger partial charge < -0.3 is 9.84 Å². The van der Waals surface area contributed by atoms with Crippen LogP contribution in [-0.4, -0.2) is 5.11 Å². The highest BCUT2D eigenvalue weighted by molar-refractivity contribution is 5.81. The summed E-state index contributed by atoms with van der Waals surface area (Å²) in [5, 5.41) is 10.3. The maximum absolute atomic E-state index is 10.3. The topological polar surface area (TPSA) is 29.5 Å². The second-order valence-electron chi connectivity index (χ2n) is 4.64. The standard InChI is InChI=1S/C16H18O2/c1-6-9(2)13-8-14-10(3)7-11(4)18-16(14)12(5)15(13)17/h6-8,17H,4H2,1-3,5H3/b9-6+. The van der Waals surface area contributed by atoms with Crippen LogP contribution in [0.4, 0.5) is 0 Å². The molecule has 0 spiro atoms. The van der Waals surface area contributed by atoms with Crippen molar-refractivity contribution in [2.75, 3.05) is 0 Å². The summed E-state index contributed by atoms with van der Waals surface area (Å²) in [5.74, 6) is 1.61. The van der Waals surface area contributed by atoms with Gasteiger partial charge in [-0.25, -0.2) is 0 Å². The predicted octanol–water partition coefficient (Wildman–Crippen LogP) is 4.43. The van der Waals surface area contributed by atoms with Crippen molar-refractivity contribution in [3.8, 4) is 11.5 Å². The molecule has 0 aromatic heterocycles. The van der Waals surface area contributed by atoms with E-state index in [0.717, 1.165) is 27.8 Å². The van der Waals surface area contributed by atoms with Crippen LogP contribution < -0.4 is 4.74 Å². The molecule has 2 nitrogen and oxygen atoms in total. The number of benzene rings is 1.